The van der Waals surface area contributed by atoms with E-state index in [0.717, 1.165) is 21.9 Å². The number of H-pyrrole nitrogens is 1. The van der Waals surface area contributed by atoms with Crippen molar-refractivity contribution in [2.45, 2.75) is 13.8 Å². The van der Waals surface area contributed by atoms with Gasteiger partial charge in [0.1, 0.15) is 11.2 Å². The van der Waals surface area contributed by atoms with Crippen molar-refractivity contribution >= 4 is 43.7 Å². The lowest BCUT2D eigenvalue weighted by Gasteiger charge is -1.87. The molecule has 0 radical (unpaired) electrons. The van der Waals surface area contributed by atoms with Crippen LogP contribution in [0, 0.1) is 0 Å². The smallest absolute Gasteiger partial charge is 0.134 e. The summed E-state index contributed by atoms with van der Waals surface area (Å²) in [5.41, 5.74) is 4.24. The van der Waals surface area contributed by atoms with Gasteiger partial charge in [0, 0.05) is 32.6 Å². The third-order valence-corrected chi connectivity index (χ3v) is 4.44. The molecule has 0 aliphatic carbocycles. The van der Waals surface area contributed by atoms with Crippen LogP contribution in [0.5, 0.6) is 0 Å². The maximum Gasteiger partial charge on any atom is 0.134 e. The average Bonchev–Trinajstić information content (AvgIpc) is 3.45. The predicted octanol–water partition coefficient (Wildman–Crippen LogP) is 7.53. The predicted molar refractivity (Wildman–Crippen MR) is 113 cm³/mol. The molecule has 134 valence electrons. The van der Waals surface area contributed by atoms with Gasteiger partial charge in [0.25, 0.3) is 0 Å². The van der Waals surface area contributed by atoms with Gasteiger partial charge in [-0.2, -0.15) is 0 Å². The van der Waals surface area contributed by atoms with Gasteiger partial charge in [-0.05, 0) is 36.4 Å². The highest BCUT2D eigenvalue weighted by Gasteiger charge is 2.01. The molecule has 3 heterocycles. The molecule has 0 saturated carbocycles. The van der Waals surface area contributed by atoms with E-state index < -0.39 is 0 Å². The van der Waals surface area contributed by atoms with Crippen LogP contribution in [0.2, 0.25) is 0 Å². The third kappa shape index (κ3) is 3.20. The van der Waals surface area contributed by atoms with Crippen molar-refractivity contribution in [3.05, 3.63) is 85.3 Å². The molecule has 0 fully saturated rings. The Labute approximate surface area is 157 Å². The summed E-state index contributed by atoms with van der Waals surface area (Å²) in [5, 5.41) is 4.77. The fourth-order valence-electron chi connectivity index (χ4n) is 3.22. The van der Waals surface area contributed by atoms with Crippen LogP contribution in [0.4, 0.5) is 0 Å². The Balaban J connectivity index is 0.000000123. The molecule has 1 N–H and O–H groups in total. The van der Waals surface area contributed by atoms with Crippen LogP contribution in [-0.2, 0) is 0 Å². The van der Waals surface area contributed by atoms with E-state index in [1.165, 1.54) is 21.8 Å². The zero-order valence-corrected chi connectivity index (χ0v) is 15.4. The topological polar surface area (TPSA) is 42.1 Å². The van der Waals surface area contributed by atoms with Crippen molar-refractivity contribution in [3.63, 3.8) is 0 Å². The molecular formula is C24H21NO2. The standard InChI is InChI=1S/C12H9N.C10H6O2.C2H6/c1-3-7-11-9(5-1)10-6-2-4-8-12(10)13-11;1-3-11-9-6-8-2-4-12-10(8)5-7(1)9;1-2/h1-8,13H;1-6H;1-2H3. The second kappa shape index (κ2) is 7.42. The fourth-order valence-corrected chi connectivity index (χ4v) is 3.22. The number of benzene rings is 3. The molecule has 0 atom stereocenters. The lowest BCUT2D eigenvalue weighted by Crippen LogP contribution is -1.63. The van der Waals surface area contributed by atoms with E-state index in [4.69, 9.17) is 8.83 Å². The molecule has 0 aliphatic rings. The number of aromatic nitrogens is 1. The number of para-hydroxylation sites is 2. The van der Waals surface area contributed by atoms with Crippen LogP contribution in [0.3, 0.4) is 0 Å². The summed E-state index contributed by atoms with van der Waals surface area (Å²) in [7, 11) is 0. The first-order valence-corrected chi connectivity index (χ1v) is 9.18. The Kier molecular flexibility index (Phi) is 4.67. The molecular weight excluding hydrogens is 334 g/mol. The molecule has 0 saturated heterocycles. The molecule has 27 heavy (non-hydrogen) atoms. The maximum atomic E-state index is 5.25. The molecule has 0 bridgehead atoms. The molecule has 0 amide bonds. The van der Waals surface area contributed by atoms with E-state index in [2.05, 4.69) is 53.5 Å². The Morgan fingerprint density at radius 2 is 1.04 bits per heavy atom. The minimum absolute atomic E-state index is 0.906. The van der Waals surface area contributed by atoms with E-state index in [9.17, 15) is 0 Å². The summed E-state index contributed by atoms with van der Waals surface area (Å²) < 4.78 is 10.5. The maximum absolute atomic E-state index is 5.25. The van der Waals surface area contributed by atoms with Crippen LogP contribution < -0.4 is 0 Å². The van der Waals surface area contributed by atoms with Crippen molar-refractivity contribution in [3.8, 4) is 0 Å². The molecule has 3 aromatic heterocycles. The summed E-state index contributed by atoms with van der Waals surface area (Å²) in [6.07, 6.45) is 3.37. The summed E-state index contributed by atoms with van der Waals surface area (Å²) in [6, 6.07) is 24.6. The van der Waals surface area contributed by atoms with E-state index in [1.54, 1.807) is 12.5 Å². The van der Waals surface area contributed by atoms with Gasteiger partial charge in [-0.3, -0.25) is 0 Å². The molecule has 3 aromatic carbocycles. The summed E-state index contributed by atoms with van der Waals surface area (Å²) in [6.45, 7) is 4.00. The van der Waals surface area contributed by atoms with E-state index in [1.807, 2.05) is 38.1 Å². The molecule has 3 heteroatoms. The van der Waals surface area contributed by atoms with Gasteiger partial charge in [-0.15, -0.1) is 0 Å². The molecule has 0 spiro atoms. The highest BCUT2D eigenvalue weighted by atomic mass is 16.3. The number of hydrogen-bond acceptors (Lipinski definition) is 2. The number of fused-ring (bicyclic) bond motifs is 5. The molecule has 0 aliphatic heterocycles. The molecule has 0 unspecified atom stereocenters. The lowest BCUT2D eigenvalue weighted by atomic mass is 10.2. The van der Waals surface area contributed by atoms with Gasteiger partial charge in [0.2, 0.25) is 0 Å². The van der Waals surface area contributed by atoms with Gasteiger partial charge in [-0.25, -0.2) is 0 Å². The van der Waals surface area contributed by atoms with E-state index >= 15 is 0 Å². The van der Waals surface area contributed by atoms with Crippen LogP contribution in [-0.4, -0.2) is 4.98 Å². The monoisotopic (exact) mass is 355 g/mol. The first-order valence-electron chi connectivity index (χ1n) is 9.18. The summed E-state index contributed by atoms with van der Waals surface area (Å²) in [5.74, 6) is 0. The minimum atomic E-state index is 0.906. The number of furan rings is 2. The molecule has 6 rings (SSSR count). The van der Waals surface area contributed by atoms with Gasteiger partial charge in [-0.1, -0.05) is 50.2 Å². The summed E-state index contributed by atoms with van der Waals surface area (Å²) >= 11 is 0. The Morgan fingerprint density at radius 1 is 0.593 bits per heavy atom. The van der Waals surface area contributed by atoms with Crippen LogP contribution >= 0.6 is 0 Å². The molecule has 3 nitrogen and oxygen atoms in total. The number of rotatable bonds is 0. The molecule has 6 aromatic rings. The normalized spacial score (nSPS) is 10.6. The lowest BCUT2D eigenvalue weighted by molar-refractivity contribution is 0.612. The highest BCUT2D eigenvalue weighted by Crippen LogP contribution is 2.25. The summed E-state index contributed by atoms with van der Waals surface area (Å²) in [4.78, 5) is 3.38. The van der Waals surface area contributed by atoms with Gasteiger partial charge in [0.05, 0.1) is 12.5 Å². The van der Waals surface area contributed by atoms with E-state index in [0.29, 0.717) is 0 Å². The van der Waals surface area contributed by atoms with Crippen LogP contribution in [0.25, 0.3) is 43.7 Å². The second-order valence-electron chi connectivity index (χ2n) is 5.99. The van der Waals surface area contributed by atoms with Gasteiger partial charge < -0.3 is 13.8 Å². The third-order valence-electron chi connectivity index (χ3n) is 4.44. The van der Waals surface area contributed by atoms with Gasteiger partial charge >= 0.3 is 0 Å². The second-order valence-corrected chi connectivity index (χ2v) is 5.99. The number of aromatic amines is 1. The van der Waals surface area contributed by atoms with Crippen molar-refractivity contribution in [1.29, 1.82) is 0 Å². The average molecular weight is 355 g/mol. The first kappa shape index (κ1) is 17.0. The quantitative estimate of drug-likeness (QED) is 0.306. The highest BCUT2D eigenvalue weighted by molar-refractivity contribution is 6.06. The van der Waals surface area contributed by atoms with Crippen molar-refractivity contribution < 1.29 is 8.83 Å². The van der Waals surface area contributed by atoms with Crippen molar-refractivity contribution in [2.24, 2.45) is 0 Å². The minimum Gasteiger partial charge on any atom is -0.464 e. The number of nitrogens with one attached hydrogen (secondary N) is 1. The Bertz CT molecular complexity index is 1160. The SMILES string of the molecule is CC.c1cc2cc3occc3cc2o1.c1ccc2c(c1)[nH]c1ccccc12. The fraction of sp³-hybridized carbons (Fsp3) is 0.0833. The van der Waals surface area contributed by atoms with Crippen molar-refractivity contribution in [1.82, 2.24) is 4.98 Å². The first-order chi connectivity index (χ1) is 13.4. The zero-order valence-electron chi connectivity index (χ0n) is 15.4. The van der Waals surface area contributed by atoms with Crippen LogP contribution in [0.15, 0.2) is 94.2 Å². The zero-order chi connectivity index (χ0) is 18.6. The van der Waals surface area contributed by atoms with Crippen LogP contribution in [0.1, 0.15) is 13.8 Å². The number of hydrogen-bond donors (Lipinski definition) is 1. The Hall–Kier alpha value is -3.46. The Morgan fingerprint density at radius 3 is 1.52 bits per heavy atom. The largest absolute Gasteiger partial charge is 0.464 e. The van der Waals surface area contributed by atoms with E-state index in [-0.39, 0.29) is 0 Å². The van der Waals surface area contributed by atoms with Gasteiger partial charge in [0.15, 0.2) is 0 Å². The van der Waals surface area contributed by atoms with Crippen molar-refractivity contribution in [2.75, 3.05) is 0 Å².